The lowest BCUT2D eigenvalue weighted by molar-refractivity contribution is 0.0686. The first kappa shape index (κ1) is 14.2. The summed E-state index contributed by atoms with van der Waals surface area (Å²) < 4.78 is 13.7. The monoisotopic (exact) mass is 253 g/mol. The van der Waals surface area contributed by atoms with Crippen LogP contribution >= 0.6 is 0 Å². The van der Waals surface area contributed by atoms with Crippen LogP contribution in [0.4, 0.5) is 4.39 Å². The average molecular weight is 253 g/mol. The minimum absolute atomic E-state index is 0.0407. The summed E-state index contributed by atoms with van der Waals surface area (Å²) in [5, 5.41) is 8.72. The Hall–Kier alpha value is -1.91. The van der Waals surface area contributed by atoms with Crippen molar-refractivity contribution < 1.29 is 19.1 Å². The van der Waals surface area contributed by atoms with Crippen LogP contribution in [-0.2, 0) is 0 Å². The molecule has 0 saturated heterocycles. The van der Waals surface area contributed by atoms with Gasteiger partial charge in [-0.05, 0) is 39.0 Å². The molecule has 4 nitrogen and oxygen atoms in total. The third-order valence-corrected chi connectivity index (χ3v) is 2.67. The Balaban J connectivity index is 3.10. The van der Waals surface area contributed by atoms with E-state index in [-0.39, 0.29) is 17.2 Å². The summed E-state index contributed by atoms with van der Waals surface area (Å²) in [7, 11) is 0. The summed E-state index contributed by atoms with van der Waals surface area (Å²) in [6.07, 6.45) is 0. The third-order valence-electron chi connectivity index (χ3n) is 2.67. The van der Waals surface area contributed by atoms with E-state index >= 15 is 0 Å². The number of benzene rings is 1. The Morgan fingerprint density at radius 1 is 1.39 bits per heavy atom. The Labute approximate surface area is 105 Å². The highest BCUT2D eigenvalue weighted by Crippen LogP contribution is 2.14. The van der Waals surface area contributed by atoms with Crippen LogP contribution < -0.4 is 0 Å². The Bertz CT molecular complexity index is 471. The first-order valence-corrected chi connectivity index (χ1v) is 5.72. The molecule has 0 saturated carbocycles. The normalized spacial score (nSPS) is 10.5. The molecule has 0 radical (unpaired) electrons. The lowest BCUT2D eigenvalue weighted by Gasteiger charge is -2.25. The number of carbonyl (C=O) groups excluding carboxylic acids is 1. The van der Waals surface area contributed by atoms with Gasteiger partial charge in [-0.1, -0.05) is 0 Å². The minimum Gasteiger partial charge on any atom is -0.478 e. The molecule has 0 aliphatic heterocycles. The summed E-state index contributed by atoms with van der Waals surface area (Å²) in [6, 6.07) is 3.27. The second-order valence-corrected chi connectivity index (χ2v) is 4.18. The molecule has 0 aliphatic rings. The summed E-state index contributed by atoms with van der Waals surface area (Å²) in [4.78, 5) is 24.2. The van der Waals surface area contributed by atoms with Gasteiger partial charge in [0.05, 0.1) is 11.1 Å². The van der Waals surface area contributed by atoms with Crippen LogP contribution in [0.25, 0.3) is 0 Å². The van der Waals surface area contributed by atoms with Crippen molar-refractivity contribution in [2.45, 2.75) is 26.8 Å². The topological polar surface area (TPSA) is 57.6 Å². The van der Waals surface area contributed by atoms with E-state index in [0.717, 1.165) is 6.07 Å². The van der Waals surface area contributed by atoms with Gasteiger partial charge in [0, 0.05) is 12.6 Å². The molecule has 1 N–H and O–H groups in total. The fourth-order valence-corrected chi connectivity index (χ4v) is 1.72. The number of hydrogen-bond acceptors (Lipinski definition) is 2. The molecule has 0 atom stereocenters. The van der Waals surface area contributed by atoms with Gasteiger partial charge in [0.25, 0.3) is 5.91 Å². The molecule has 18 heavy (non-hydrogen) atoms. The third kappa shape index (κ3) is 2.85. The van der Waals surface area contributed by atoms with Crippen LogP contribution in [-0.4, -0.2) is 34.5 Å². The summed E-state index contributed by atoms with van der Waals surface area (Å²) in [5.74, 6) is -2.45. The Kier molecular flexibility index (Phi) is 4.42. The van der Waals surface area contributed by atoms with Crippen molar-refractivity contribution in [3.63, 3.8) is 0 Å². The molecule has 0 aromatic heterocycles. The summed E-state index contributed by atoms with van der Waals surface area (Å²) >= 11 is 0. The molecule has 1 aromatic rings. The lowest BCUT2D eigenvalue weighted by Crippen LogP contribution is -2.37. The zero-order chi connectivity index (χ0) is 13.9. The van der Waals surface area contributed by atoms with E-state index in [9.17, 15) is 14.0 Å². The SMILES string of the molecule is CCN(C(=O)c1ccc(C(=O)O)cc1F)C(C)C. The van der Waals surface area contributed by atoms with Gasteiger partial charge < -0.3 is 10.0 Å². The van der Waals surface area contributed by atoms with E-state index in [4.69, 9.17) is 5.11 Å². The number of halogens is 1. The highest BCUT2D eigenvalue weighted by Gasteiger charge is 2.21. The quantitative estimate of drug-likeness (QED) is 0.896. The van der Waals surface area contributed by atoms with Gasteiger partial charge in [-0.25, -0.2) is 9.18 Å². The largest absolute Gasteiger partial charge is 0.478 e. The summed E-state index contributed by atoms with van der Waals surface area (Å²) in [5.41, 5.74) is -0.271. The van der Waals surface area contributed by atoms with Crippen LogP contribution in [0.3, 0.4) is 0 Å². The molecule has 1 aromatic carbocycles. The Morgan fingerprint density at radius 3 is 2.39 bits per heavy atom. The maximum absolute atomic E-state index is 13.7. The molecule has 0 bridgehead atoms. The molecule has 0 fully saturated rings. The first-order chi connectivity index (χ1) is 8.38. The number of amides is 1. The first-order valence-electron chi connectivity index (χ1n) is 5.72. The second-order valence-electron chi connectivity index (χ2n) is 4.18. The van der Waals surface area contributed by atoms with Crippen molar-refractivity contribution in [1.82, 2.24) is 4.90 Å². The molecule has 5 heteroatoms. The van der Waals surface area contributed by atoms with Gasteiger partial charge in [0.2, 0.25) is 0 Å². The van der Waals surface area contributed by atoms with Crippen LogP contribution in [0.1, 0.15) is 41.5 Å². The standard InChI is InChI=1S/C13H16FNO3/c1-4-15(8(2)3)12(16)10-6-5-9(13(17)18)7-11(10)14/h5-8H,4H2,1-3H3,(H,17,18). The number of carboxylic acid groups (broad SMARTS) is 1. The highest BCUT2D eigenvalue weighted by atomic mass is 19.1. The van der Waals surface area contributed by atoms with Crippen molar-refractivity contribution in [2.75, 3.05) is 6.54 Å². The van der Waals surface area contributed by atoms with E-state index in [1.807, 2.05) is 13.8 Å². The van der Waals surface area contributed by atoms with Crippen LogP contribution in [0.15, 0.2) is 18.2 Å². The molecule has 1 rings (SSSR count). The fraction of sp³-hybridized carbons (Fsp3) is 0.385. The molecule has 0 heterocycles. The molecule has 0 spiro atoms. The maximum atomic E-state index is 13.7. The molecule has 1 amide bonds. The van der Waals surface area contributed by atoms with E-state index in [0.29, 0.717) is 6.54 Å². The van der Waals surface area contributed by atoms with Gasteiger partial charge in [-0.15, -0.1) is 0 Å². The fourth-order valence-electron chi connectivity index (χ4n) is 1.72. The van der Waals surface area contributed by atoms with Crippen LogP contribution in [0, 0.1) is 5.82 Å². The van der Waals surface area contributed by atoms with Crippen LogP contribution in [0.5, 0.6) is 0 Å². The van der Waals surface area contributed by atoms with Gasteiger partial charge in [0.1, 0.15) is 5.82 Å². The molecular weight excluding hydrogens is 237 g/mol. The lowest BCUT2D eigenvalue weighted by atomic mass is 10.1. The molecular formula is C13H16FNO3. The number of nitrogens with zero attached hydrogens (tertiary/aromatic N) is 1. The van der Waals surface area contributed by atoms with Gasteiger partial charge in [0.15, 0.2) is 0 Å². The predicted octanol–water partition coefficient (Wildman–Crippen LogP) is 2.39. The van der Waals surface area contributed by atoms with E-state index in [1.54, 1.807) is 6.92 Å². The Morgan fingerprint density at radius 2 is 2.00 bits per heavy atom. The van der Waals surface area contributed by atoms with Crippen molar-refractivity contribution >= 4 is 11.9 Å². The number of carboxylic acids is 1. The van der Waals surface area contributed by atoms with Crippen LogP contribution in [0.2, 0.25) is 0 Å². The van der Waals surface area contributed by atoms with E-state index in [2.05, 4.69) is 0 Å². The zero-order valence-electron chi connectivity index (χ0n) is 10.6. The van der Waals surface area contributed by atoms with Gasteiger partial charge in [-0.3, -0.25) is 4.79 Å². The number of aromatic carboxylic acids is 1. The average Bonchev–Trinajstić information content (AvgIpc) is 2.28. The number of carbonyl (C=O) groups is 2. The van der Waals surface area contributed by atoms with Gasteiger partial charge in [-0.2, -0.15) is 0 Å². The van der Waals surface area contributed by atoms with E-state index < -0.39 is 17.7 Å². The second kappa shape index (κ2) is 5.62. The maximum Gasteiger partial charge on any atom is 0.335 e. The summed E-state index contributed by atoms with van der Waals surface area (Å²) in [6.45, 7) is 5.95. The minimum atomic E-state index is -1.22. The van der Waals surface area contributed by atoms with Crippen molar-refractivity contribution in [3.8, 4) is 0 Å². The number of hydrogen-bond donors (Lipinski definition) is 1. The highest BCUT2D eigenvalue weighted by molar-refractivity contribution is 5.96. The van der Waals surface area contributed by atoms with Crippen molar-refractivity contribution in [2.24, 2.45) is 0 Å². The molecule has 0 unspecified atom stereocenters. The zero-order valence-corrected chi connectivity index (χ0v) is 10.6. The smallest absolute Gasteiger partial charge is 0.335 e. The molecule has 0 aliphatic carbocycles. The molecule has 98 valence electrons. The van der Waals surface area contributed by atoms with Crippen molar-refractivity contribution in [1.29, 1.82) is 0 Å². The van der Waals surface area contributed by atoms with Crippen molar-refractivity contribution in [3.05, 3.63) is 35.1 Å². The van der Waals surface area contributed by atoms with E-state index in [1.165, 1.54) is 17.0 Å². The number of rotatable bonds is 4. The predicted molar refractivity (Wildman–Crippen MR) is 65.2 cm³/mol. The van der Waals surface area contributed by atoms with Gasteiger partial charge >= 0.3 is 5.97 Å².